The Hall–Kier alpha value is -1.14. The monoisotopic (exact) mass is 396 g/mol. The summed E-state index contributed by atoms with van der Waals surface area (Å²) in [5, 5.41) is 2.88. The Labute approximate surface area is 170 Å². The predicted molar refractivity (Wildman–Crippen MR) is 111 cm³/mol. The van der Waals surface area contributed by atoms with Crippen molar-refractivity contribution >= 4 is 11.9 Å². The summed E-state index contributed by atoms with van der Waals surface area (Å²) in [4.78, 5) is 25.3. The predicted octanol–water partition coefficient (Wildman–Crippen LogP) is 4.07. The average molecular weight is 397 g/mol. The fraction of sp³-hybridized carbons (Fsp3) is 0.909. The summed E-state index contributed by atoms with van der Waals surface area (Å²) in [5.74, 6) is 0.292. The molecule has 2 fully saturated rings. The van der Waals surface area contributed by atoms with Crippen LogP contribution in [0.2, 0.25) is 0 Å². The number of alkyl carbamates (subject to hydrolysis) is 1. The number of fused-ring (bicyclic) bond motifs is 1. The summed E-state index contributed by atoms with van der Waals surface area (Å²) in [6, 6.07) is 0.339. The lowest BCUT2D eigenvalue weighted by Crippen LogP contribution is -2.47. The second-order valence-corrected chi connectivity index (χ2v) is 8.60. The van der Waals surface area contributed by atoms with Crippen LogP contribution in [0.4, 0.5) is 4.79 Å². The van der Waals surface area contributed by atoms with Crippen molar-refractivity contribution < 1.29 is 19.1 Å². The minimum atomic E-state index is -0.285. The van der Waals surface area contributed by atoms with Gasteiger partial charge in [-0.3, -0.25) is 4.90 Å². The van der Waals surface area contributed by atoms with Gasteiger partial charge in [0.25, 0.3) is 0 Å². The Balaban J connectivity index is 1.46. The van der Waals surface area contributed by atoms with Gasteiger partial charge in [0.15, 0.2) is 0 Å². The molecule has 2 atom stereocenters. The third kappa shape index (κ3) is 7.36. The first-order valence-corrected chi connectivity index (χ1v) is 11.2. The standard InChI is InChI=1S/C22H40N2O4/c1-19(25)11-8-6-4-3-5-7-9-15-23-21(26)28-17-20-12-14-22(18-27-2)13-10-16-24(20)22/h20H,3-18H2,1-2H3,(H,23,26). The first-order chi connectivity index (χ1) is 13.6. The van der Waals surface area contributed by atoms with E-state index in [1.165, 1.54) is 32.1 Å². The second kappa shape index (κ2) is 12.4. The van der Waals surface area contributed by atoms with Gasteiger partial charge in [-0.15, -0.1) is 0 Å². The molecule has 28 heavy (non-hydrogen) atoms. The Morgan fingerprint density at radius 1 is 1.07 bits per heavy atom. The van der Waals surface area contributed by atoms with E-state index >= 15 is 0 Å². The molecule has 0 aromatic rings. The number of hydrogen-bond acceptors (Lipinski definition) is 5. The highest BCUT2D eigenvalue weighted by Crippen LogP contribution is 2.42. The molecule has 0 aromatic heterocycles. The van der Waals surface area contributed by atoms with E-state index in [-0.39, 0.29) is 11.6 Å². The third-order valence-electron chi connectivity index (χ3n) is 6.33. The molecule has 0 spiro atoms. The molecule has 6 heteroatoms. The molecule has 0 bridgehead atoms. The number of unbranched alkanes of at least 4 members (excludes halogenated alkanes) is 6. The number of carbonyl (C=O) groups excluding carboxylic acids is 2. The van der Waals surface area contributed by atoms with E-state index in [0.717, 1.165) is 58.1 Å². The molecule has 6 nitrogen and oxygen atoms in total. The van der Waals surface area contributed by atoms with Gasteiger partial charge < -0.3 is 19.6 Å². The van der Waals surface area contributed by atoms with Gasteiger partial charge in [0.05, 0.1) is 6.61 Å². The van der Waals surface area contributed by atoms with Crippen LogP contribution in [0.5, 0.6) is 0 Å². The number of Topliss-reactive ketones (excluding diaryl/α,β-unsaturated/α-hetero) is 1. The highest BCUT2D eigenvalue weighted by atomic mass is 16.5. The van der Waals surface area contributed by atoms with Gasteiger partial charge in [-0.25, -0.2) is 4.79 Å². The smallest absolute Gasteiger partial charge is 0.407 e. The minimum absolute atomic E-state index is 0.186. The molecule has 2 rings (SSSR count). The summed E-state index contributed by atoms with van der Waals surface area (Å²) in [5.41, 5.74) is 0.186. The Kier molecular flexibility index (Phi) is 10.3. The molecule has 0 aliphatic carbocycles. The number of rotatable bonds is 14. The third-order valence-corrected chi connectivity index (χ3v) is 6.33. The number of amides is 1. The Bertz CT molecular complexity index is 485. The molecule has 2 aliphatic heterocycles. The molecule has 2 aliphatic rings. The van der Waals surface area contributed by atoms with Crippen molar-refractivity contribution in [2.24, 2.45) is 0 Å². The maximum absolute atomic E-state index is 12.0. The molecule has 2 heterocycles. The number of nitrogens with zero attached hydrogens (tertiary/aromatic N) is 1. The van der Waals surface area contributed by atoms with Gasteiger partial charge in [-0.1, -0.05) is 32.1 Å². The molecular formula is C22H40N2O4. The number of carbonyl (C=O) groups is 2. The molecule has 2 unspecified atom stereocenters. The summed E-state index contributed by atoms with van der Waals surface area (Å²) >= 11 is 0. The van der Waals surface area contributed by atoms with Gasteiger partial charge in [0.2, 0.25) is 0 Å². The first kappa shape index (κ1) is 23.1. The van der Waals surface area contributed by atoms with Crippen molar-refractivity contribution in [2.45, 2.75) is 95.6 Å². The van der Waals surface area contributed by atoms with Crippen LogP contribution in [0.3, 0.4) is 0 Å². The molecule has 1 N–H and O–H groups in total. The SMILES string of the molecule is COCC12CCCN1C(COC(=O)NCCCCCCCCCC(C)=O)CC2. The maximum atomic E-state index is 12.0. The van der Waals surface area contributed by atoms with Crippen LogP contribution in [0.1, 0.15) is 84.0 Å². The normalized spacial score (nSPS) is 24.3. The summed E-state index contributed by atoms with van der Waals surface area (Å²) in [6.45, 7) is 4.70. The van der Waals surface area contributed by atoms with Crippen LogP contribution < -0.4 is 5.32 Å². The molecule has 0 saturated carbocycles. The highest BCUT2D eigenvalue weighted by Gasteiger charge is 2.49. The summed E-state index contributed by atoms with van der Waals surface area (Å²) in [6.07, 6.45) is 13.0. The molecule has 1 amide bonds. The van der Waals surface area contributed by atoms with E-state index < -0.39 is 0 Å². The van der Waals surface area contributed by atoms with Crippen molar-refractivity contribution in [1.82, 2.24) is 10.2 Å². The number of methoxy groups -OCH3 is 1. The lowest BCUT2D eigenvalue weighted by atomic mass is 9.95. The van der Waals surface area contributed by atoms with Gasteiger partial charge in [0.1, 0.15) is 12.4 Å². The van der Waals surface area contributed by atoms with Crippen molar-refractivity contribution in [2.75, 3.05) is 33.4 Å². The zero-order chi connectivity index (χ0) is 20.2. The van der Waals surface area contributed by atoms with Crippen LogP contribution in [-0.4, -0.2) is 61.8 Å². The van der Waals surface area contributed by atoms with Crippen LogP contribution in [0, 0.1) is 0 Å². The van der Waals surface area contributed by atoms with Crippen molar-refractivity contribution in [3.8, 4) is 0 Å². The lowest BCUT2D eigenvalue weighted by molar-refractivity contribution is -0.117. The highest BCUT2D eigenvalue weighted by molar-refractivity contribution is 5.75. The van der Waals surface area contributed by atoms with E-state index in [2.05, 4.69) is 10.2 Å². The number of nitrogens with one attached hydrogen (secondary N) is 1. The quantitative estimate of drug-likeness (QED) is 0.448. The van der Waals surface area contributed by atoms with Gasteiger partial charge in [-0.2, -0.15) is 0 Å². The van der Waals surface area contributed by atoms with Crippen molar-refractivity contribution in [3.05, 3.63) is 0 Å². The van der Waals surface area contributed by atoms with E-state index in [1.54, 1.807) is 14.0 Å². The van der Waals surface area contributed by atoms with Crippen LogP contribution in [0.15, 0.2) is 0 Å². The fourth-order valence-electron chi connectivity index (χ4n) is 4.85. The van der Waals surface area contributed by atoms with Gasteiger partial charge in [-0.05, 0) is 52.0 Å². The number of ketones is 1. The second-order valence-electron chi connectivity index (χ2n) is 8.60. The molecule has 0 aromatic carbocycles. The van der Waals surface area contributed by atoms with Crippen molar-refractivity contribution in [1.29, 1.82) is 0 Å². The van der Waals surface area contributed by atoms with Gasteiger partial charge in [0, 0.05) is 31.7 Å². The number of hydrogen-bond donors (Lipinski definition) is 1. The maximum Gasteiger partial charge on any atom is 0.407 e. The Morgan fingerprint density at radius 3 is 2.50 bits per heavy atom. The lowest BCUT2D eigenvalue weighted by Gasteiger charge is -2.34. The zero-order valence-corrected chi connectivity index (χ0v) is 18.0. The number of ether oxygens (including phenoxy) is 2. The van der Waals surface area contributed by atoms with E-state index in [0.29, 0.717) is 25.0 Å². The molecular weight excluding hydrogens is 356 g/mol. The van der Waals surface area contributed by atoms with Crippen LogP contribution >= 0.6 is 0 Å². The molecule has 2 saturated heterocycles. The largest absolute Gasteiger partial charge is 0.448 e. The zero-order valence-electron chi connectivity index (χ0n) is 18.0. The Morgan fingerprint density at radius 2 is 1.79 bits per heavy atom. The minimum Gasteiger partial charge on any atom is -0.448 e. The topological polar surface area (TPSA) is 67.9 Å². The van der Waals surface area contributed by atoms with E-state index in [9.17, 15) is 9.59 Å². The fourth-order valence-corrected chi connectivity index (χ4v) is 4.85. The molecule has 162 valence electrons. The average Bonchev–Trinajstić information content (AvgIpc) is 3.20. The summed E-state index contributed by atoms with van der Waals surface area (Å²) in [7, 11) is 1.77. The van der Waals surface area contributed by atoms with Crippen LogP contribution in [-0.2, 0) is 14.3 Å². The summed E-state index contributed by atoms with van der Waals surface area (Å²) < 4.78 is 10.9. The van der Waals surface area contributed by atoms with Crippen LogP contribution in [0.25, 0.3) is 0 Å². The van der Waals surface area contributed by atoms with Crippen molar-refractivity contribution in [3.63, 3.8) is 0 Å². The molecule has 0 radical (unpaired) electrons. The first-order valence-electron chi connectivity index (χ1n) is 11.2. The van der Waals surface area contributed by atoms with E-state index in [4.69, 9.17) is 9.47 Å². The van der Waals surface area contributed by atoms with Gasteiger partial charge >= 0.3 is 6.09 Å². The van der Waals surface area contributed by atoms with E-state index in [1.807, 2.05) is 0 Å².